The van der Waals surface area contributed by atoms with E-state index in [1.165, 1.54) is 27.8 Å². The molecule has 0 amide bonds. The van der Waals surface area contributed by atoms with Crippen LogP contribution in [0.1, 0.15) is 22.6 Å². The highest BCUT2D eigenvalue weighted by atomic mass is 79.9. The van der Waals surface area contributed by atoms with Gasteiger partial charge >= 0.3 is 0 Å². The molecule has 2 heteroatoms. The zero-order chi connectivity index (χ0) is 20.5. The van der Waals surface area contributed by atoms with Crippen molar-refractivity contribution < 1.29 is 0 Å². The summed E-state index contributed by atoms with van der Waals surface area (Å²) in [5.41, 5.74) is 12.3. The maximum Gasteiger partial charge on any atom is 0.0212 e. The normalized spacial score (nSPS) is 11.3. The first-order chi connectivity index (χ1) is 14.2. The second kappa shape index (κ2) is 10.8. The molecule has 29 heavy (non-hydrogen) atoms. The largest absolute Gasteiger partial charge is 0.330 e. The number of rotatable bonds is 4. The molecule has 1 unspecified atom stereocenters. The van der Waals surface area contributed by atoms with Crippen molar-refractivity contribution >= 4 is 15.9 Å². The molecule has 0 bridgehead atoms. The van der Waals surface area contributed by atoms with Gasteiger partial charge in [-0.25, -0.2) is 0 Å². The Hall–Kier alpha value is -2.68. The number of benzene rings is 4. The molecule has 0 spiro atoms. The molecule has 0 aliphatic carbocycles. The summed E-state index contributed by atoms with van der Waals surface area (Å²) in [4.78, 5) is 0. The molecule has 4 aromatic rings. The highest BCUT2D eigenvalue weighted by Crippen LogP contribution is 2.26. The molecule has 0 aliphatic rings. The molecule has 4 aromatic carbocycles. The van der Waals surface area contributed by atoms with E-state index in [1.807, 2.05) is 24.3 Å². The van der Waals surface area contributed by atoms with E-state index < -0.39 is 0 Å². The molecule has 2 N–H and O–H groups in total. The van der Waals surface area contributed by atoms with Gasteiger partial charge < -0.3 is 5.73 Å². The third-order valence-electron chi connectivity index (χ3n) is 4.84. The number of nitrogens with two attached hydrogens (primary N) is 1. The lowest BCUT2D eigenvalue weighted by atomic mass is 9.90. The third-order valence-corrected chi connectivity index (χ3v) is 5.33. The van der Waals surface area contributed by atoms with Crippen LogP contribution in [0.5, 0.6) is 0 Å². The molecule has 0 aromatic heterocycles. The van der Waals surface area contributed by atoms with E-state index >= 15 is 0 Å². The van der Waals surface area contributed by atoms with E-state index in [-0.39, 0.29) is 5.92 Å². The van der Waals surface area contributed by atoms with Crippen LogP contribution in [-0.2, 0) is 0 Å². The summed E-state index contributed by atoms with van der Waals surface area (Å²) < 4.78 is 1.15. The van der Waals surface area contributed by atoms with Gasteiger partial charge in [-0.05, 0) is 41.3 Å². The Bertz CT molecular complexity index is 978. The van der Waals surface area contributed by atoms with Crippen LogP contribution < -0.4 is 5.73 Å². The van der Waals surface area contributed by atoms with Crippen LogP contribution in [0, 0.1) is 6.92 Å². The van der Waals surface area contributed by atoms with E-state index in [4.69, 9.17) is 5.73 Å². The molecule has 0 heterocycles. The monoisotopic (exact) mass is 443 g/mol. The van der Waals surface area contributed by atoms with Crippen LogP contribution in [0.25, 0.3) is 11.1 Å². The summed E-state index contributed by atoms with van der Waals surface area (Å²) in [6.07, 6.45) is 0. The molecule has 146 valence electrons. The fourth-order valence-electron chi connectivity index (χ4n) is 3.29. The molecule has 0 saturated heterocycles. The standard InChI is InChI=1S/C20H19N.C7H7Br/c21-15-20(18-9-5-2-6-10-18)19-13-11-17(12-14-19)16-7-3-1-4-8-16;1-6-3-2-4-7(8)5-6/h1-14,20H,15,21H2;2-5H,1H3. The van der Waals surface area contributed by atoms with Crippen LogP contribution >= 0.6 is 15.9 Å². The van der Waals surface area contributed by atoms with Crippen LogP contribution in [-0.4, -0.2) is 6.54 Å². The predicted molar refractivity (Wildman–Crippen MR) is 128 cm³/mol. The van der Waals surface area contributed by atoms with Crippen LogP contribution in [0.2, 0.25) is 0 Å². The first kappa shape index (κ1) is 21.0. The smallest absolute Gasteiger partial charge is 0.0212 e. The summed E-state index contributed by atoms with van der Waals surface area (Å²) in [6, 6.07) is 37.8. The quantitative estimate of drug-likeness (QED) is 0.354. The second-order valence-electron chi connectivity index (χ2n) is 6.99. The zero-order valence-corrected chi connectivity index (χ0v) is 18.2. The third kappa shape index (κ3) is 6.15. The first-order valence-corrected chi connectivity index (χ1v) is 10.6. The van der Waals surface area contributed by atoms with Crippen molar-refractivity contribution in [2.45, 2.75) is 12.8 Å². The number of hydrogen-bond donors (Lipinski definition) is 1. The summed E-state index contributed by atoms with van der Waals surface area (Å²) in [7, 11) is 0. The highest BCUT2D eigenvalue weighted by molar-refractivity contribution is 9.10. The first-order valence-electron chi connectivity index (χ1n) is 9.80. The fraction of sp³-hybridized carbons (Fsp3) is 0.111. The van der Waals surface area contributed by atoms with Crippen molar-refractivity contribution in [1.29, 1.82) is 0 Å². The van der Waals surface area contributed by atoms with Crippen molar-refractivity contribution in [1.82, 2.24) is 0 Å². The second-order valence-corrected chi connectivity index (χ2v) is 7.90. The maximum atomic E-state index is 5.99. The highest BCUT2D eigenvalue weighted by Gasteiger charge is 2.11. The summed E-state index contributed by atoms with van der Waals surface area (Å²) in [5, 5.41) is 0. The molecular weight excluding hydrogens is 418 g/mol. The van der Waals surface area contributed by atoms with E-state index in [1.54, 1.807) is 0 Å². The Kier molecular flexibility index (Phi) is 7.80. The summed E-state index contributed by atoms with van der Waals surface area (Å²) >= 11 is 3.36. The van der Waals surface area contributed by atoms with E-state index in [9.17, 15) is 0 Å². The SMILES string of the molecule is Cc1cccc(Br)c1.NCC(c1ccccc1)c1ccc(-c2ccccc2)cc1. The summed E-state index contributed by atoms with van der Waals surface area (Å²) in [6.45, 7) is 2.69. The topological polar surface area (TPSA) is 26.0 Å². The van der Waals surface area contributed by atoms with Gasteiger partial charge in [-0.2, -0.15) is 0 Å². The Labute approximate surface area is 182 Å². The van der Waals surface area contributed by atoms with E-state index in [2.05, 4.69) is 108 Å². The van der Waals surface area contributed by atoms with Gasteiger partial charge in [0.15, 0.2) is 0 Å². The zero-order valence-electron chi connectivity index (χ0n) is 16.6. The number of halogens is 1. The maximum absolute atomic E-state index is 5.99. The van der Waals surface area contributed by atoms with Crippen LogP contribution in [0.15, 0.2) is 114 Å². The lowest BCUT2D eigenvalue weighted by molar-refractivity contribution is 0.819. The minimum Gasteiger partial charge on any atom is -0.330 e. The van der Waals surface area contributed by atoms with Crippen molar-refractivity contribution in [3.8, 4) is 11.1 Å². The number of aryl methyl sites for hydroxylation is 1. The lowest BCUT2D eigenvalue weighted by Crippen LogP contribution is -2.13. The van der Waals surface area contributed by atoms with Gasteiger partial charge in [0.2, 0.25) is 0 Å². The molecule has 4 rings (SSSR count). The fourth-order valence-corrected chi connectivity index (χ4v) is 3.81. The van der Waals surface area contributed by atoms with Gasteiger partial charge in [0.25, 0.3) is 0 Å². The van der Waals surface area contributed by atoms with Gasteiger partial charge in [-0.3, -0.25) is 0 Å². The summed E-state index contributed by atoms with van der Waals surface area (Å²) in [5.74, 6) is 0.260. The molecular formula is C27H26BrN. The van der Waals surface area contributed by atoms with Crippen LogP contribution in [0.4, 0.5) is 0 Å². The van der Waals surface area contributed by atoms with Crippen molar-refractivity contribution in [2.24, 2.45) is 5.73 Å². The van der Waals surface area contributed by atoms with Gasteiger partial charge in [0.05, 0.1) is 0 Å². The molecule has 0 saturated carbocycles. The van der Waals surface area contributed by atoms with E-state index in [0.717, 1.165) is 4.47 Å². The minimum atomic E-state index is 0.260. The molecule has 0 fully saturated rings. The average molecular weight is 444 g/mol. The molecule has 1 atom stereocenters. The molecule has 0 radical (unpaired) electrons. The van der Waals surface area contributed by atoms with Gasteiger partial charge in [-0.15, -0.1) is 0 Å². The Morgan fingerprint density at radius 1 is 0.655 bits per heavy atom. The lowest BCUT2D eigenvalue weighted by Gasteiger charge is -2.16. The molecule has 0 aliphatic heterocycles. The number of hydrogen-bond acceptors (Lipinski definition) is 1. The van der Waals surface area contributed by atoms with Crippen molar-refractivity contribution in [3.63, 3.8) is 0 Å². The van der Waals surface area contributed by atoms with Gasteiger partial charge in [0.1, 0.15) is 0 Å². The average Bonchev–Trinajstić information content (AvgIpc) is 2.76. The minimum absolute atomic E-state index is 0.260. The Balaban J connectivity index is 0.000000252. The van der Waals surface area contributed by atoms with E-state index in [0.29, 0.717) is 6.54 Å². The predicted octanol–water partition coefficient (Wildman–Crippen LogP) is 7.20. The van der Waals surface area contributed by atoms with Gasteiger partial charge in [0, 0.05) is 16.9 Å². The Morgan fingerprint density at radius 2 is 1.21 bits per heavy atom. The Morgan fingerprint density at radius 3 is 1.72 bits per heavy atom. The van der Waals surface area contributed by atoms with Crippen molar-refractivity contribution in [2.75, 3.05) is 6.54 Å². The van der Waals surface area contributed by atoms with Crippen LogP contribution in [0.3, 0.4) is 0 Å². The van der Waals surface area contributed by atoms with Gasteiger partial charge in [-0.1, -0.05) is 119 Å². The molecule has 1 nitrogen and oxygen atoms in total. The van der Waals surface area contributed by atoms with Crippen molar-refractivity contribution in [3.05, 3.63) is 130 Å².